The van der Waals surface area contributed by atoms with Gasteiger partial charge in [-0.15, -0.1) is 0 Å². The molecule has 0 radical (unpaired) electrons. The SMILES string of the molecule is Cc1cnc(CNC2CCCCC2C(C)C)o1. The number of oxazole rings is 1. The highest BCUT2D eigenvalue weighted by atomic mass is 16.4. The molecule has 1 saturated carbocycles. The van der Waals surface area contributed by atoms with Gasteiger partial charge >= 0.3 is 0 Å². The number of nitrogens with one attached hydrogen (secondary N) is 1. The monoisotopic (exact) mass is 236 g/mol. The minimum absolute atomic E-state index is 0.635. The van der Waals surface area contributed by atoms with Crippen molar-refractivity contribution in [3.63, 3.8) is 0 Å². The molecule has 3 nitrogen and oxygen atoms in total. The van der Waals surface area contributed by atoms with Gasteiger partial charge in [0, 0.05) is 6.04 Å². The third kappa shape index (κ3) is 3.32. The van der Waals surface area contributed by atoms with Crippen LogP contribution >= 0.6 is 0 Å². The zero-order valence-electron chi connectivity index (χ0n) is 11.2. The maximum atomic E-state index is 5.50. The van der Waals surface area contributed by atoms with Crippen LogP contribution in [0.25, 0.3) is 0 Å². The van der Waals surface area contributed by atoms with Gasteiger partial charge in [0.15, 0.2) is 0 Å². The summed E-state index contributed by atoms with van der Waals surface area (Å²) < 4.78 is 5.50. The molecule has 0 amide bonds. The molecule has 2 atom stereocenters. The molecule has 0 spiro atoms. The van der Waals surface area contributed by atoms with Crippen LogP contribution in [0.4, 0.5) is 0 Å². The molecule has 3 heteroatoms. The van der Waals surface area contributed by atoms with Gasteiger partial charge in [0.1, 0.15) is 5.76 Å². The Hall–Kier alpha value is -0.830. The van der Waals surface area contributed by atoms with E-state index >= 15 is 0 Å². The van der Waals surface area contributed by atoms with Gasteiger partial charge in [0.2, 0.25) is 5.89 Å². The molecule has 1 fully saturated rings. The van der Waals surface area contributed by atoms with E-state index in [-0.39, 0.29) is 0 Å². The van der Waals surface area contributed by atoms with Crippen molar-refractivity contribution in [1.29, 1.82) is 0 Å². The van der Waals surface area contributed by atoms with Crippen molar-refractivity contribution in [1.82, 2.24) is 10.3 Å². The van der Waals surface area contributed by atoms with Crippen molar-refractivity contribution >= 4 is 0 Å². The molecule has 1 aromatic rings. The molecular formula is C14H24N2O. The van der Waals surface area contributed by atoms with Gasteiger partial charge in [0.25, 0.3) is 0 Å². The topological polar surface area (TPSA) is 38.1 Å². The molecule has 1 N–H and O–H groups in total. The van der Waals surface area contributed by atoms with Crippen molar-refractivity contribution in [2.75, 3.05) is 0 Å². The third-order valence-corrected chi connectivity index (χ3v) is 3.86. The Morgan fingerprint density at radius 2 is 2.18 bits per heavy atom. The molecule has 0 aromatic carbocycles. The summed E-state index contributed by atoms with van der Waals surface area (Å²) in [7, 11) is 0. The first-order valence-electron chi connectivity index (χ1n) is 6.81. The molecule has 1 heterocycles. The van der Waals surface area contributed by atoms with E-state index < -0.39 is 0 Å². The molecule has 0 bridgehead atoms. The van der Waals surface area contributed by atoms with Gasteiger partial charge in [-0.1, -0.05) is 26.7 Å². The highest BCUT2D eigenvalue weighted by Crippen LogP contribution is 2.30. The second-order valence-corrected chi connectivity index (χ2v) is 5.54. The lowest BCUT2D eigenvalue weighted by Gasteiger charge is -2.34. The van der Waals surface area contributed by atoms with Gasteiger partial charge in [-0.2, -0.15) is 0 Å². The van der Waals surface area contributed by atoms with Crippen LogP contribution < -0.4 is 5.32 Å². The third-order valence-electron chi connectivity index (χ3n) is 3.86. The maximum Gasteiger partial charge on any atom is 0.208 e. The van der Waals surface area contributed by atoms with Crippen LogP contribution in [0.5, 0.6) is 0 Å². The lowest BCUT2D eigenvalue weighted by molar-refractivity contribution is 0.200. The van der Waals surface area contributed by atoms with E-state index in [2.05, 4.69) is 24.1 Å². The van der Waals surface area contributed by atoms with E-state index in [1.165, 1.54) is 25.7 Å². The van der Waals surface area contributed by atoms with Gasteiger partial charge in [0.05, 0.1) is 12.7 Å². The highest BCUT2D eigenvalue weighted by molar-refractivity contribution is 4.91. The summed E-state index contributed by atoms with van der Waals surface area (Å²) in [6.45, 7) is 7.37. The number of hydrogen-bond acceptors (Lipinski definition) is 3. The van der Waals surface area contributed by atoms with E-state index in [9.17, 15) is 0 Å². The summed E-state index contributed by atoms with van der Waals surface area (Å²) >= 11 is 0. The predicted molar refractivity (Wildman–Crippen MR) is 68.7 cm³/mol. The van der Waals surface area contributed by atoms with Crippen molar-refractivity contribution < 1.29 is 4.42 Å². The number of nitrogens with zero attached hydrogens (tertiary/aromatic N) is 1. The lowest BCUT2D eigenvalue weighted by atomic mass is 9.78. The molecule has 2 unspecified atom stereocenters. The molecule has 0 saturated heterocycles. The minimum Gasteiger partial charge on any atom is -0.445 e. The van der Waals surface area contributed by atoms with E-state index in [1.807, 2.05) is 6.92 Å². The maximum absolute atomic E-state index is 5.50. The molecule has 96 valence electrons. The molecule has 1 aliphatic rings. The summed E-state index contributed by atoms with van der Waals surface area (Å²) in [5.74, 6) is 3.28. The van der Waals surface area contributed by atoms with Crippen molar-refractivity contribution in [3.8, 4) is 0 Å². The van der Waals surface area contributed by atoms with Crippen molar-refractivity contribution in [2.45, 2.75) is 59.0 Å². The number of hydrogen-bond donors (Lipinski definition) is 1. The molecule has 17 heavy (non-hydrogen) atoms. The summed E-state index contributed by atoms with van der Waals surface area (Å²) in [5, 5.41) is 3.63. The zero-order chi connectivity index (χ0) is 12.3. The second kappa shape index (κ2) is 5.67. The summed E-state index contributed by atoms with van der Waals surface area (Å²) in [5.41, 5.74) is 0. The van der Waals surface area contributed by atoms with Crippen LogP contribution in [-0.4, -0.2) is 11.0 Å². The number of aryl methyl sites for hydroxylation is 1. The first-order valence-corrected chi connectivity index (χ1v) is 6.81. The largest absolute Gasteiger partial charge is 0.445 e. The van der Waals surface area contributed by atoms with E-state index in [4.69, 9.17) is 4.42 Å². The van der Waals surface area contributed by atoms with Crippen molar-refractivity contribution in [2.24, 2.45) is 11.8 Å². The molecule has 1 aliphatic carbocycles. The van der Waals surface area contributed by atoms with Crippen LogP contribution in [0.2, 0.25) is 0 Å². The van der Waals surface area contributed by atoms with Crippen LogP contribution in [0.15, 0.2) is 10.6 Å². The highest BCUT2D eigenvalue weighted by Gasteiger charge is 2.27. The zero-order valence-corrected chi connectivity index (χ0v) is 11.2. The molecule has 0 aliphatic heterocycles. The summed E-state index contributed by atoms with van der Waals surface area (Å²) in [4.78, 5) is 4.24. The Morgan fingerprint density at radius 3 is 2.82 bits per heavy atom. The Kier molecular flexibility index (Phi) is 4.21. The Balaban J connectivity index is 1.88. The molecule has 2 rings (SSSR count). The first-order chi connectivity index (χ1) is 8.16. The summed E-state index contributed by atoms with van der Waals surface area (Å²) in [6.07, 6.45) is 7.19. The fourth-order valence-electron chi connectivity index (χ4n) is 2.91. The van der Waals surface area contributed by atoms with Crippen LogP contribution in [0.3, 0.4) is 0 Å². The van der Waals surface area contributed by atoms with Gasteiger partial charge in [-0.25, -0.2) is 4.98 Å². The lowest BCUT2D eigenvalue weighted by Crippen LogP contribution is -2.40. The van der Waals surface area contributed by atoms with Crippen LogP contribution in [0, 0.1) is 18.8 Å². The van der Waals surface area contributed by atoms with E-state index in [0.717, 1.165) is 30.0 Å². The minimum atomic E-state index is 0.635. The van der Waals surface area contributed by atoms with Gasteiger partial charge in [-0.3, -0.25) is 0 Å². The fraction of sp³-hybridized carbons (Fsp3) is 0.786. The van der Waals surface area contributed by atoms with E-state index in [0.29, 0.717) is 6.04 Å². The Morgan fingerprint density at radius 1 is 1.41 bits per heavy atom. The first kappa shape index (κ1) is 12.6. The average molecular weight is 236 g/mol. The molecule has 1 aromatic heterocycles. The van der Waals surface area contributed by atoms with Gasteiger partial charge in [-0.05, 0) is 31.6 Å². The predicted octanol–water partition coefficient (Wildman–Crippen LogP) is 3.29. The Labute approximate surface area is 104 Å². The second-order valence-electron chi connectivity index (χ2n) is 5.54. The quantitative estimate of drug-likeness (QED) is 0.871. The normalized spacial score (nSPS) is 25.4. The number of aromatic nitrogens is 1. The number of rotatable bonds is 4. The average Bonchev–Trinajstić information content (AvgIpc) is 2.73. The van der Waals surface area contributed by atoms with Gasteiger partial charge < -0.3 is 9.73 Å². The standard InChI is InChI=1S/C14H24N2O/c1-10(2)12-6-4-5-7-13(12)15-9-14-16-8-11(3)17-14/h8,10,12-13,15H,4-7,9H2,1-3H3. The Bertz CT molecular complexity index is 346. The van der Waals surface area contributed by atoms with E-state index in [1.54, 1.807) is 6.20 Å². The fourth-order valence-corrected chi connectivity index (χ4v) is 2.91. The smallest absolute Gasteiger partial charge is 0.208 e. The summed E-state index contributed by atoms with van der Waals surface area (Å²) in [6, 6.07) is 0.635. The molecular weight excluding hydrogens is 212 g/mol. The van der Waals surface area contributed by atoms with Crippen molar-refractivity contribution in [3.05, 3.63) is 17.8 Å². The van der Waals surface area contributed by atoms with Crippen LogP contribution in [-0.2, 0) is 6.54 Å². The van der Waals surface area contributed by atoms with Crippen LogP contribution in [0.1, 0.15) is 51.2 Å².